The number of rotatable bonds is 4. The van der Waals surface area contributed by atoms with Gasteiger partial charge in [0.05, 0.1) is 5.56 Å². The van der Waals surface area contributed by atoms with Crippen LogP contribution in [0.5, 0.6) is 0 Å². The number of hydrogen-bond acceptors (Lipinski definition) is 4. The summed E-state index contributed by atoms with van der Waals surface area (Å²) in [6.45, 7) is 2.20. The molecular formula is C19H20F3N3O2. The smallest absolute Gasteiger partial charge is 0.369 e. The Kier molecular flexibility index (Phi) is 5.67. The Morgan fingerprint density at radius 1 is 0.963 bits per heavy atom. The van der Waals surface area contributed by atoms with Crippen molar-refractivity contribution in [3.05, 3.63) is 65.7 Å². The summed E-state index contributed by atoms with van der Waals surface area (Å²) in [5, 5.41) is 9.09. The van der Waals surface area contributed by atoms with Crippen molar-refractivity contribution in [2.45, 2.75) is 12.2 Å². The van der Waals surface area contributed by atoms with Gasteiger partial charge >= 0.3 is 6.18 Å². The Bertz CT molecular complexity index is 758. The first-order valence-electron chi connectivity index (χ1n) is 8.55. The zero-order valence-corrected chi connectivity index (χ0v) is 14.5. The minimum absolute atomic E-state index is 0.510. The second kappa shape index (κ2) is 7.98. The molecule has 0 aromatic heterocycles. The SMILES string of the molecule is O=C(NO)C(c1ccccc1)N1CCN(c2ccc(C(F)(F)F)cc2)CC1. The van der Waals surface area contributed by atoms with Crippen LogP contribution in [0.25, 0.3) is 0 Å². The molecule has 1 atom stereocenters. The van der Waals surface area contributed by atoms with Crippen LogP contribution in [0.1, 0.15) is 17.2 Å². The largest absolute Gasteiger partial charge is 0.416 e. The van der Waals surface area contributed by atoms with Crippen molar-refractivity contribution >= 4 is 11.6 Å². The molecule has 0 spiro atoms. The fourth-order valence-electron chi connectivity index (χ4n) is 3.32. The summed E-state index contributed by atoms with van der Waals surface area (Å²) in [5.74, 6) is -0.510. The van der Waals surface area contributed by atoms with Crippen LogP contribution in [-0.2, 0) is 11.0 Å². The van der Waals surface area contributed by atoms with Gasteiger partial charge in [0, 0.05) is 31.9 Å². The number of benzene rings is 2. The average molecular weight is 379 g/mol. The molecular weight excluding hydrogens is 359 g/mol. The van der Waals surface area contributed by atoms with Crippen LogP contribution in [0.4, 0.5) is 18.9 Å². The van der Waals surface area contributed by atoms with Gasteiger partial charge in [0.25, 0.3) is 5.91 Å². The maximum atomic E-state index is 12.7. The Morgan fingerprint density at radius 2 is 1.56 bits per heavy atom. The lowest BCUT2D eigenvalue weighted by Crippen LogP contribution is -2.50. The van der Waals surface area contributed by atoms with Gasteiger partial charge in [-0.15, -0.1) is 0 Å². The summed E-state index contributed by atoms with van der Waals surface area (Å²) in [7, 11) is 0. The highest BCUT2D eigenvalue weighted by Gasteiger charge is 2.32. The summed E-state index contributed by atoms with van der Waals surface area (Å²) in [6, 6.07) is 13.6. The Morgan fingerprint density at radius 3 is 2.07 bits per heavy atom. The molecule has 8 heteroatoms. The van der Waals surface area contributed by atoms with Crippen molar-refractivity contribution in [3.63, 3.8) is 0 Å². The molecule has 5 nitrogen and oxygen atoms in total. The van der Waals surface area contributed by atoms with Crippen molar-refractivity contribution in [1.29, 1.82) is 0 Å². The number of nitrogens with zero attached hydrogens (tertiary/aromatic N) is 2. The zero-order chi connectivity index (χ0) is 19.4. The number of piperazine rings is 1. The molecule has 1 amide bonds. The van der Waals surface area contributed by atoms with Crippen molar-refractivity contribution < 1.29 is 23.2 Å². The molecule has 1 heterocycles. The fourth-order valence-corrected chi connectivity index (χ4v) is 3.32. The van der Waals surface area contributed by atoms with Gasteiger partial charge < -0.3 is 4.90 Å². The van der Waals surface area contributed by atoms with Crippen LogP contribution in [0, 0.1) is 0 Å². The monoisotopic (exact) mass is 379 g/mol. The van der Waals surface area contributed by atoms with E-state index >= 15 is 0 Å². The number of hydroxylamine groups is 1. The third-order valence-electron chi connectivity index (χ3n) is 4.71. The molecule has 2 aromatic carbocycles. The minimum atomic E-state index is -4.35. The van der Waals surface area contributed by atoms with E-state index in [0.29, 0.717) is 31.9 Å². The van der Waals surface area contributed by atoms with E-state index in [-0.39, 0.29) is 0 Å². The van der Waals surface area contributed by atoms with Gasteiger partial charge in [-0.05, 0) is 29.8 Å². The third kappa shape index (κ3) is 4.40. The third-order valence-corrected chi connectivity index (χ3v) is 4.71. The van der Waals surface area contributed by atoms with E-state index in [1.165, 1.54) is 12.1 Å². The summed E-state index contributed by atoms with van der Waals surface area (Å²) in [5.41, 5.74) is 2.53. The van der Waals surface area contributed by atoms with Crippen LogP contribution in [0.2, 0.25) is 0 Å². The Balaban J connectivity index is 1.69. The first-order valence-corrected chi connectivity index (χ1v) is 8.55. The summed E-state index contributed by atoms with van der Waals surface area (Å²) >= 11 is 0. The number of amides is 1. The molecule has 2 N–H and O–H groups in total. The van der Waals surface area contributed by atoms with Gasteiger partial charge in [-0.3, -0.25) is 14.9 Å². The van der Waals surface area contributed by atoms with Gasteiger partial charge in [-0.1, -0.05) is 30.3 Å². The Hall–Kier alpha value is -2.58. The number of halogens is 3. The topological polar surface area (TPSA) is 55.8 Å². The molecule has 27 heavy (non-hydrogen) atoms. The lowest BCUT2D eigenvalue weighted by Gasteiger charge is -2.39. The molecule has 1 fully saturated rings. The first-order chi connectivity index (χ1) is 12.9. The molecule has 3 rings (SSSR count). The summed E-state index contributed by atoms with van der Waals surface area (Å²) < 4.78 is 38.1. The fraction of sp³-hybridized carbons (Fsp3) is 0.316. The van der Waals surface area contributed by atoms with Crippen LogP contribution < -0.4 is 10.4 Å². The van der Waals surface area contributed by atoms with E-state index in [0.717, 1.165) is 17.7 Å². The molecule has 1 aliphatic heterocycles. The molecule has 1 unspecified atom stereocenters. The van der Waals surface area contributed by atoms with Gasteiger partial charge in [0.2, 0.25) is 0 Å². The van der Waals surface area contributed by atoms with Gasteiger partial charge in [-0.25, -0.2) is 5.48 Å². The predicted molar refractivity (Wildman–Crippen MR) is 94.3 cm³/mol. The highest BCUT2D eigenvalue weighted by molar-refractivity contribution is 5.82. The first kappa shape index (κ1) is 19.2. The van der Waals surface area contributed by atoms with Gasteiger partial charge in [0.15, 0.2) is 0 Å². The number of nitrogens with one attached hydrogen (secondary N) is 1. The van der Waals surface area contributed by atoms with Crippen LogP contribution in [-0.4, -0.2) is 42.2 Å². The van der Waals surface area contributed by atoms with Crippen molar-refractivity contribution in [1.82, 2.24) is 10.4 Å². The molecule has 1 aliphatic rings. The molecule has 0 bridgehead atoms. The molecule has 0 saturated carbocycles. The number of carbonyl (C=O) groups is 1. The number of anilines is 1. The number of carbonyl (C=O) groups excluding carboxylic acids is 1. The molecule has 0 radical (unpaired) electrons. The number of hydrogen-bond donors (Lipinski definition) is 2. The maximum Gasteiger partial charge on any atom is 0.416 e. The van der Waals surface area contributed by atoms with E-state index in [4.69, 9.17) is 5.21 Å². The molecule has 1 saturated heterocycles. The standard InChI is InChI=1S/C19H20F3N3O2/c20-19(21,22)15-6-8-16(9-7-15)24-10-12-25(13-11-24)17(18(26)23-27)14-4-2-1-3-5-14/h1-9,17,27H,10-13H2,(H,23,26). The van der Waals surface area contributed by atoms with E-state index in [9.17, 15) is 18.0 Å². The van der Waals surface area contributed by atoms with Crippen molar-refractivity contribution in [3.8, 4) is 0 Å². The highest BCUT2D eigenvalue weighted by atomic mass is 19.4. The Labute approximate surface area is 155 Å². The van der Waals surface area contributed by atoms with E-state index < -0.39 is 23.7 Å². The van der Waals surface area contributed by atoms with Crippen LogP contribution in [0.15, 0.2) is 54.6 Å². The highest BCUT2D eigenvalue weighted by Crippen LogP contribution is 2.31. The van der Waals surface area contributed by atoms with Crippen LogP contribution >= 0.6 is 0 Å². The number of alkyl halides is 3. The van der Waals surface area contributed by atoms with Gasteiger partial charge in [-0.2, -0.15) is 13.2 Å². The average Bonchev–Trinajstić information content (AvgIpc) is 2.69. The summed E-state index contributed by atoms with van der Waals surface area (Å²) in [6.07, 6.45) is -4.35. The molecule has 0 aliphatic carbocycles. The predicted octanol–water partition coefficient (Wildman–Crippen LogP) is 3.07. The lowest BCUT2D eigenvalue weighted by molar-refractivity contribution is -0.137. The molecule has 144 valence electrons. The zero-order valence-electron chi connectivity index (χ0n) is 14.5. The lowest BCUT2D eigenvalue weighted by atomic mass is 10.0. The van der Waals surface area contributed by atoms with E-state index in [1.807, 2.05) is 40.1 Å². The van der Waals surface area contributed by atoms with E-state index in [2.05, 4.69) is 0 Å². The van der Waals surface area contributed by atoms with Gasteiger partial charge in [0.1, 0.15) is 6.04 Å². The van der Waals surface area contributed by atoms with Crippen LogP contribution in [0.3, 0.4) is 0 Å². The maximum absolute atomic E-state index is 12.7. The molecule has 2 aromatic rings. The summed E-state index contributed by atoms with van der Waals surface area (Å²) in [4.78, 5) is 16.1. The van der Waals surface area contributed by atoms with Crippen molar-refractivity contribution in [2.75, 3.05) is 31.1 Å². The second-order valence-corrected chi connectivity index (χ2v) is 6.36. The second-order valence-electron chi connectivity index (χ2n) is 6.36. The quantitative estimate of drug-likeness (QED) is 0.633. The van der Waals surface area contributed by atoms with Crippen molar-refractivity contribution in [2.24, 2.45) is 0 Å². The minimum Gasteiger partial charge on any atom is -0.369 e. The van der Waals surface area contributed by atoms with E-state index in [1.54, 1.807) is 5.48 Å². The normalized spacial score (nSPS) is 16.8.